The smallest absolute Gasteiger partial charge is 0.317 e. The summed E-state index contributed by atoms with van der Waals surface area (Å²) in [6.45, 7) is 7.42. The molecule has 0 saturated heterocycles. The number of carboxylic acids is 1. The first-order chi connectivity index (χ1) is 10.3. The first kappa shape index (κ1) is 17.3. The summed E-state index contributed by atoms with van der Waals surface area (Å²) in [5.74, 6) is 0.995. The SMILES string of the molecule is CC(C)C(C)CC(=O)NC1CC(N(CC(=O)O)CC2CC2)C1. The maximum absolute atomic E-state index is 12.0. The molecule has 1 atom stereocenters. The van der Waals surface area contributed by atoms with Gasteiger partial charge in [0, 0.05) is 25.0 Å². The van der Waals surface area contributed by atoms with Crippen molar-refractivity contribution in [2.24, 2.45) is 17.8 Å². The van der Waals surface area contributed by atoms with Gasteiger partial charge >= 0.3 is 5.97 Å². The van der Waals surface area contributed by atoms with Gasteiger partial charge in [-0.1, -0.05) is 20.8 Å². The van der Waals surface area contributed by atoms with Gasteiger partial charge in [-0.2, -0.15) is 0 Å². The minimum Gasteiger partial charge on any atom is -0.480 e. The van der Waals surface area contributed by atoms with E-state index in [0.717, 1.165) is 19.4 Å². The molecule has 0 spiro atoms. The number of nitrogens with one attached hydrogen (secondary N) is 1. The van der Waals surface area contributed by atoms with E-state index >= 15 is 0 Å². The molecule has 0 aromatic heterocycles. The van der Waals surface area contributed by atoms with Gasteiger partial charge in [0.2, 0.25) is 5.91 Å². The first-order valence-electron chi connectivity index (χ1n) is 8.60. The molecule has 0 aromatic rings. The summed E-state index contributed by atoms with van der Waals surface area (Å²) in [7, 11) is 0. The van der Waals surface area contributed by atoms with Crippen LogP contribution < -0.4 is 5.32 Å². The van der Waals surface area contributed by atoms with Crippen molar-refractivity contribution in [3.8, 4) is 0 Å². The number of carbonyl (C=O) groups is 2. The molecule has 2 aliphatic carbocycles. The second-order valence-electron chi connectivity index (χ2n) is 7.58. The van der Waals surface area contributed by atoms with Crippen LogP contribution in [0.2, 0.25) is 0 Å². The molecule has 5 heteroatoms. The van der Waals surface area contributed by atoms with Crippen molar-refractivity contribution < 1.29 is 14.7 Å². The van der Waals surface area contributed by atoms with Crippen LogP contribution in [-0.4, -0.2) is 47.1 Å². The zero-order valence-electron chi connectivity index (χ0n) is 14.0. The number of nitrogens with zero attached hydrogens (tertiary/aromatic N) is 1. The largest absolute Gasteiger partial charge is 0.480 e. The van der Waals surface area contributed by atoms with E-state index in [9.17, 15) is 9.59 Å². The number of amides is 1. The zero-order valence-corrected chi connectivity index (χ0v) is 14.0. The molecule has 2 aliphatic rings. The van der Waals surface area contributed by atoms with Crippen LogP contribution in [-0.2, 0) is 9.59 Å². The van der Waals surface area contributed by atoms with Crippen LogP contribution in [0.5, 0.6) is 0 Å². The van der Waals surface area contributed by atoms with Gasteiger partial charge in [-0.3, -0.25) is 14.5 Å². The van der Waals surface area contributed by atoms with Crippen LogP contribution in [0.3, 0.4) is 0 Å². The molecule has 0 aliphatic heterocycles. The van der Waals surface area contributed by atoms with Gasteiger partial charge in [0.05, 0.1) is 6.54 Å². The van der Waals surface area contributed by atoms with E-state index in [1.54, 1.807) is 0 Å². The molecular formula is C17H30N2O3. The predicted molar refractivity (Wildman–Crippen MR) is 85.5 cm³/mol. The summed E-state index contributed by atoms with van der Waals surface area (Å²) >= 11 is 0. The highest BCUT2D eigenvalue weighted by atomic mass is 16.4. The first-order valence-corrected chi connectivity index (χ1v) is 8.60. The average Bonchev–Trinajstić information content (AvgIpc) is 3.15. The maximum atomic E-state index is 12.0. The van der Waals surface area contributed by atoms with Gasteiger partial charge < -0.3 is 10.4 Å². The Morgan fingerprint density at radius 1 is 1.23 bits per heavy atom. The van der Waals surface area contributed by atoms with E-state index in [-0.39, 0.29) is 18.5 Å². The Kier molecular flexibility index (Phi) is 5.84. The van der Waals surface area contributed by atoms with Gasteiger partial charge in [-0.25, -0.2) is 0 Å². The summed E-state index contributed by atoms with van der Waals surface area (Å²) in [5, 5.41) is 12.1. The van der Waals surface area contributed by atoms with Crippen LogP contribution >= 0.6 is 0 Å². The monoisotopic (exact) mass is 310 g/mol. The Bertz CT molecular complexity index is 401. The van der Waals surface area contributed by atoms with Crippen molar-refractivity contribution >= 4 is 11.9 Å². The molecule has 0 aromatic carbocycles. The molecule has 2 N–H and O–H groups in total. The maximum Gasteiger partial charge on any atom is 0.317 e. The van der Waals surface area contributed by atoms with E-state index < -0.39 is 5.97 Å². The quantitative estimate of drug-likeness (QED) is 0.684. The fraction of sp³-hybridized carbons (Fsp3) is 0.882. The Balaban J connectivity index is 1.70. The molecule has 1 amide bonds. The molecule has 1 unspecified atom stereocenters. The Labute approximate surface area is 133 Å². The predicted octanol–water partition coefficient (Wildman–Crippen LogP) is 2.11. The van der Waals surface area contributed by atoms with Gasteiger partial charge in [0.25, 0.3) is 0 Å². The van der Waals surface area contributed by atoms with Crippen LogP contribution in [0, 0.1) is 17.8 Å². The zero-order chi connectivity index (χ0) is 16.3. The molecule has 2 saturated carbocycles. The van der Waals surface area contributed by atoms with Gasteiger partial charge in [0.15, 0.2) is 0 Å². The normalized spacial score (nSPS) is 25.9. The summed E-state index contributed by atoms with van der Waals surface area (Å²) in [6, 6.07) is 0.553. The van der Waals surface area contributed by atoms with E-state index in [0.29, 0.717) is 30.2 Å². The van der Waals surface area contributed by atoms with E-state index in [4.69, 9.17) is 5.11 Å². The fourth-order valence-electron chi connectivity index (χ4n) is 2.97. The van der Waals surface area contributed by atoms with Crippen molar-refractivity contribution in [2.45, 2.75) is 65.0 Å². The molecular weight excluding hydrogens is 280 g/mol. The lowest BCUT2D eigenvalue weighted by atomic mass is 9.84. The molecule has 0 bridgehead atoms. The molecule has 22 heavy (non-hydrogen) atoms. The average molecular weight is 310 g/mol. The van der Waals surface area contributed by atoms with Crippen molar-refractivity contribution in [2.75, 3.05) is 13.1 Å². The van der Waals surface area contributed by atoms with Crippen molar-refractivity contribution in [1.82, 2.24) is 10.2 Å². The van der Waals surface area contributed by atoms with Gasteiger partial charge in [-0.05, 0) is 43.4 Å². The lowest BCUT2D eigenvalue weighted by Gasteiger charge is -2.42. The third kappa shape index (κ3) is 5.27. The highest BCUT2D eigenvalue weighted by molar-refractivity contribution is 5.76. The number of carboxylic acid groups (broad SMARTS) is 1. The highest BCUT2D eigenvalue weighted by Gasteiger charge is 2.37. The minimum absolute atomic E-state index is 0.131. The third-order valence-electron chi connectivity index (χ3n) is 5.17. The van der Waals surface area contributed by atoms with Crippen LogP contribution in [0.4, 0.5) is 0 Å². The van der Waals surface area contributed by atoms with Crippen molar-refractivity contribution in [3.05, 3.63) is 0 Å². The minimum atomic E-state index is -0.751. The molecule has 2 rings (SSSR count). The second kappa shape index (κ2) is 7.44. The van der Waals surface area contributed by atoms with Crippen LogP contribution in [0.1, 0.15) is 52.9 Å². The Hall–Kier alpha value is -1.10. The van der Waals surface area contributed by atoms with E-state index in [1.165, 1.54) is 12.8 Å². The van der Waals surface area contributed by atoms with E-state index in [2.05, 4.69) is 31.0 Å². The molecule has 2 fully saturated rings. The lowest BCUT2D eigenvalue weighted by Crippen LogP contribution is -2.55. The number of rotatable bonds is 9. The Morgan fingerprint density at radius 3 is 2.36 bits per heavy atom. The third-order valence-corrected chi connectivity index (χ3v) is 5.17. The van der Waals surface area contributed by atoms with Crippen LogP contribution in [0.15, 0.2) is 0 Å². The molecule has 0 radical (unpaired) electrons. The fourth-order valence-corrected chi connectivity index (χ4v) is 2.97. The summed E-state index contributed by atoms with van der Waals surface area (Å²) in [5.41, 5.74) is 0. The number of hydrogen-bond donors (Lipinski definition) is 2. The summed E-state index contributed by atoms with van der Waals surface area (Å²) in [6.07, 6.45) is 4.83. The second-order valence-corrected chi connectivity index (χ2v) is 7.58. The lowest BCUT2D eigenvalue weighted by molar-refractivity contribution is -0.140. The summed E-state index contributed by atoms with van der Waals surface area (Å²) in [4.78, 5) is 25.1. The van der Waals surface area contributed by atoms with E-state index in [1.807, 2.05) is 0 Å². The van der Waals surface area contributed by atoms with Gasteiger partial charge in [-0.15, -0.1) is 0 Å². The summed E-state index contributed by atoms with van der Waals surface area (Å²) < 4.78 is 0. The van der Waals surface area contributed by atoms with Crippen molar-refractivity contribution in [1.29, 1.82) is 0 Å². The van der Waals surface area contributed by atoms with Gasteiger partial charge in [0.1, 0.15) is 0 Å². The molecule has 5 nitrogen and oxygen atoms in total. The number of hydrogen-bond acceptors (Lipinski definition) is 3. The molecule has 126 valence electrons. The number of aliphatic carboxylic acids is 1. The topological polar surface area (TPSA) is 69.6 Å². The van der Waals surface area contributed by atoms with Crippen LogP contribution in [0.25, 0.3) is 0 Å². The Morgan fingerprint density at radius 2 is 1.86 bits per heavy atom. The number of carbonyl (C=O) groups excluding carboxylic acids is 1. The molecule has 0 heterocycles. The standard InChI is InChI=1S/C17H30N2O3/c1-11(2)12(3)6-16(20)18-14-7-15(8-14)19(10-17(21)22)9-13-4-5-13/h11-15H,4-10H2,1-3H3,(H,18,20)(H,21,22). The highest BCUT2D eigenvalue weighted by Crippen LogP contribution is 2.33. The van der Waals surface area contributed by atoms with Crippen molar-refractivity contribution in [3.63, 3.8) is 0 Å².